The third kappa shape index (κ3) is 5.59. The molecule has 16 heteroatoms. The van der Waals surface area contributed by atoms with Gasteiger partial charge in [-0.3, -0.25) is 14.4 Å². The van der Waals surface area contributed by atoms with Crippen LogP contribution in [0.5, 0.6) is 5.75 Å². The molecule has 39 heavy (non-hydrogen) atoms. The highest BCUT2D eigenvalue weighted by atomic mass is 19.4. The number of aromatic nitrogens is 5. The molecule has 0 aliphatic carbocycles. The zero-order valence-corrected chi connectivity index (χ0v) is 20.0. The van der Waals surface area contributed by atoms with E-state index in [-0.39, 0.29) is 72.0 Å². The Morgan fingerprint density at radius 1 is 1.15 bits per heavy atom. The van der Waals surface area contributed by atoms with E-state index in [2.05, 4.69) is 24.8 Å². The second kappa shape index (κ2) is 10.1. The number of ether oxygens (including phenoxy) is 1. The van der Waals surface area contributed by atoms with Crippen LogP contribution in [0, 0.1) is 0 Å². The van der Waals surface area contributed by atoms with E-state index in [1.165, 1.54) is 45.1 Å². The van der Waals surface area contributed by atoms with E-state index in [4.69, 9.17) is 0 Å². The number of carbonyl (C=O) groups excluding carboxylic acids is 1. The van der Waals surface area contributed by atoms with Crippen molar-refractivity contribution in [3.63, 3.8) is 0 Å². The van der Waals surface area contributed by atoms with Crippen LogP contribution in [0.4, 0.5) is 22.0 Å². The lowest BCUT2D eigenvalue weighted by Gasteiger charge is -2.35. The van der Waals surface area contributed by atoms with Crippen molar-refractivity contribution in [2.45, 2.75) is 19.3 Å². The zero-order valence-electron chi connectivity index (χ0n) is 20.0. The van der Waals surface area contributed by atoms with Crippen molar-refractivity contribution in [3.05, 3.63) is 36.2 Å². The van der Waals surface area contributed by atoms with Crippen LogP contribution in [0.15, 0.2) is 30.6 Å². The molecule has 1 amide bonds. The number of nitrogens with zero attached hydrogens (tertiary/aromatic N) is 6. The third-order valence-electron chi connectivity index (χ3n) is 6.21. The summed E-state index contributed by atoms with van der Waals surface area (Å²) in [5.41, 5.74) is 0.752. The van der Waals surface area contributed by atoms with E-state index in [0.717, 1.165) is 0 Å². The molecule has 5 rings (SSSR count). The van der Waals surface area contributed by atoms with Gasteiger partial charge in [-0.25, -0.2) is 14.8 Å². The average molecular weight is 553 g/mol. The van der Waals surface area contributed by atoms with Crippen LogP contribution in [0.1, 0.15) is 10.4 Å². The molecule has 11 nitrogen and oxygen atoms in total. The van der Waals surface area contributed by atoms with Crippen LogP contribution in [-0.2, 0) is 11.3 Å². The van der Waals surface area contributed by atoms with Crippen LogP contribution in [-0.4, -0.2) is 97.0 Å². The van der Waals surface area contributed by atoms with Crippen LogP contribution >= 0.6 is 0 Å². The molecule has 0 atom stereocenters. The van der Waals surface area contributed by atoms with E-state index in [0.29, 0.717) is 5.52 Å². The number of carboxylic acid groups (broad SMARTS) is 1. The summed E-state index contributed by atoms with van der Waals surface area (Å²) in [4.78, 5) is 38.5. The Morgan fingerprint density at radius 2 is 1.90 bits per heavy atom. The maximum absolute atomic E-state index is 13.0. The molecule has 4 aromatic rings. The summed E-state index contributed by atoms with van der Waals surface area (Å²) >= 11 is 0. The highest BCUT2D eigenvalue weighted by Crippen LogP contribution is 2.31. The van der Waals surface area contributed by atoms with Crippen molar-refractivity contribution < 1.29 is 41.4 Å². The summed E-state index contributed by atoms with van der Waals surface area (Å²) in [6.45, 7) is -4.12. The monoisotopic (exact) mass is 553 g/mol. The van der Waals surface area contributed by atoms with Crippen molar-refractivity contribution in [2.24, 2.45) is 0 Å². The summed E-state index contributed by atoms with van der Waals surface area (Å²) in [6.07, 6.45) is -1.78. The van der Waals surface area contributed by atoms with E-state index in [1.807, 2.05) is 0 Å². The normalized spacial score (nSPS) is 15.0. The number of halogens is 5. The van der Waals surface area contributed by atoms with Gasteiger partial charge in [0.05, 0.1) is 18.3 Å². The third-order valence-corrected chi connectivity index (χ3v) is 6.21. The smallest absolute Gasteiger partial charge is 0.401 e. The molecule has 1 saturated heterocycles. The minimum absolute atomic E-state index is 0.0514. The van der Waals surface area contributed by atoms with Gasteiger partial charge in [-0.2, -0.15) is 27.1 Å². The number of fused-ring (bicyclic) bond motifs is 2. The van der Waals surface area contributed by atoms with Crippen LogP contribution in [0.2, 0.25) is 0 Å². The first kappa shape index (κ1) is 26.3. The van der Waals surface area contributed by atoms with Crippen LogP contribution in [0.3, 0.4) is 0 Å². The summed E-state index contributed by atoms with van der Waals surface area (Å²) in [5, 5.41) is 14.2. The van der Waals surface area contributed by atoms with Crippen molar-refractivity contribution in [1.29, 1.82) is 0 Å². The standard InChI is InChI=1S/C23H20F5N7O4/c24-22(25)39-12-1-2-16-13(7-12)18(15-9-30-20-19(31-15)14(8-29-20)21(37)38)32-35(16)10-17(36)34-5-3-33(4-6-34)11-23(26,27)28/h1-2,7-9,22H,3-6,10-11H2,(H,29,30)(H,37,38). The molecule has 206 valence electrons. The number of benzene rings is 1. The number of piperazine rings is 1. The second-order valence-corrected chi connectivity index (χ2v) is 8.80. The summed E-state index contributed by atoms with van der Waals surface area (Å²) in [7, 11) is 0. The molecule has 0 bridgehead atoms. The molecule has 3 aromatic heterocycles. The van der Waals surface area contributed by atoms with Crippen molar-refractivity contribution in [1.82, 2.24) is 34.5 Å². The van der Waals surface area contributed by atoms with Crippen molar-refractivity contribution in [3.8, 4) is 17.1 Å². The van der Waals surface area contributed by atoms with Gasteiger partial charge in [-0.15, -0.1) is 0 Å². The van der Waals surface area contributed by atoms with Gasteiger partial charge >= 0.3 is 18.8 Å². The first-order valence-electron chi connectivity index (χ1n) is 11.6. The van der Waals surface area contributed by atoms with Gasteiger partial charge in [0.15, 0.2) is 5.65 Å². The molecule has 1 fully saturated rings. The van der Waals surface area contributed by atoms with Gasteiger partial charge in [0.1, 0.15) is 34.8 Å². The largest absolute Gasteiger partial charge is 0.478 e. The van der Waals surface area contributed by atoms with E-state index in [1.54, 1.807) is 0 Å². The lowest BCUT2D eigenvalue weighted by Crippen LogP contribution is -2.51. The van der Waals surface area contributed by atoms with Gasteiger partial charge in [-0.05, 0) is 18.2 Å². The first-order chi connectivity index (χ1) is 18.5. The first-order valence-corrected chi connectivity index (χ1v) is 11.6. The Kier molecular flexibility index (Phi) is 6.80. The number of rotatable bonds is 7. The maximum atomic E-state index is 13.0. The Morgan fingerprint density at radius 3 is 2.56 bits per heavy atom. The van der Waals surface area contributed by atoms with E-state index in [9.17, 15) is 36.6 Å². The predicted octanol–water partition coefficient (Wildman–Crippen LogP) is 2.98. The molecule has 4 heterocycles. The fourth-order valence-corrected chi connectivity index (χ4v) is 4.45. The van der Waals surface area contributed by atoms with Crippen molar-refractivity contribution in [2.75, 3.05) is 32.7 Å². The number of hydrogen-bond donors (Lipinski definition) is 2. The Labute approximate surface area is 215 Å². The van der Waals surface area contributed by atoms with Crippen LogP contribution < -0.4 is 4.74 Å². The average Bonchev–Trinajstić information content (AvgIpc) is 3.44. The highest BCUT2D eigenvalue weighted by Gasteiger charge is 2.33. The number of nitrogens with one attached hydrogen (secondary N) is 1. The molecular weight excluding hydrogens is 533 g/mol. The molecule has 1 aliphatic heterocycles. The molecule has 0 saturated carbocycles. The highest BCUT2D eigenvalue weighted by molar-refractivity contribution is 6.01. The van der Waals surface area contributed by atoms with Crippen LogP contribution in [0.25, 0.3) is 33.5 Å². The molecule has 0 radical (unpaired) electrons. The number of amides is 1. The van der Waals surface area contributed by atoms with E-state index >= 15 is 0 Å². The summed E-state index contributed by atoms with van der Waals surface area (Å²) in [5.74, 6) is -1.81. The lowest BCUT2D eigenvalue weighted by molar-refractivity contribution is -0.151. The quantitative estimate of drug-likeness (QED) is 0.334. The molecular formula is C23H20F5N7O4. The van der Waals surface area contributed by atoms with Crippen molar-refractivity contribution >= 4 is 33.9 Å². The number of H-pyrrole nitrogens is 1. The SMILES string of the molecule is O=C(O)c1c[nH]c2ncc(-c3nn(CC(=O)N4CCN(CC(F)(F)F)CC4)c4ccc(OC(F)F)cc34)nc12. The molecule has 2 N–H and O–H groups in total. The number of aromatic carboxylic acids is 1. The fraction of sp³-hybridized carbons (Fsp3) is 0.348. The summed E-state index contributed by atoms with van der Waals surface area (Å²) < 4.78 is 69.6. The van der Waals surface area contributed by atoms with Gasteiger partial charge in [0, 0.05) is 37.8 Å². The zero-order chi connectivity index (χ0) is 27.9. The number of carbonyl (C=O) groups is 2. The number of hydrogen-bond acceptors (Lipinski definition) is 7. The number of alkyl halides is 5. The number of carboxylic acids is 1. The molecule has 1 aliphatic rings. The molecule has 0 spiro atoms. The topological polar surface area (TPSA) is 129 Å². The minimum Gasteiger partial charge on any atom is -0.478 e. The Hall–Kier alpha value is -4.34. The molecule has 0 unspecified atom stereocenters. The second-order valence-electron chi connectivity index (χ2n) is 8.80. The predicted molar refractivity (Wildman–Crippen MR) is 125 cm³/mol. The van der Waals surface area contributed by atoms with Gasteiger partial charge in [0.2, 0.25) is 5.91 Å². The minimum atomic E-state index is -4.33. The lowest BCUT2D eigenvalue weighted by atomic mass is 10.1. The van der Waals surface area contributed by atoms with Gasteiger partial charge in [0.25, 0.3) is 0 Å². The van der Waals surface area contributed by atoms with E-state index < -0.39 is 31.2 Å². The number of aromatic amines is 1. The fourth-order valence-electron chi connectivity index (χ4n) is 4.45. The Bertz CT molecular complexity index is 1540. The van der Waals surface area contributed by atoms with Gasteiger partial charge in [-0.1, -0.05) is 0 Å². The molecule has 1 aromatic carbocycles. The maximum Gasteiger partial charge on any atom is 0.401 e. The van der Waals surface area contributed by atoms with Gasteiger partial charge < -0.3 is 19.7 Å². The Balaban J connectivity index is 1.47. The summed E-state index contributed by atoms with van der Waals surface area (Å²) in [6, 6.07) is 4.01.